The maximum absolute atomic E-state index is 11.2. The number of aryl methyl sites for hydroxylation is 1. The van der Waals surface area contributed by atoms with Crippen LogP contribution in [-0.2, 0) is 4.79 Å². The van der Waals surface area contributed by atoms with Gasteiger partial charge in [-0.3, -0.25) is 4.79 Å². The Morgan fingerprint density at radius 3 is 2.82 bits per heavy atom. The molecule has 0 radical (unpaired) electrons. The minimum absolute atomic E-state index is 0.0945. The second-order valence-corrected chi connectivity index (χ2v) is 4.15. The Morgan fingerprint density at radius 2 is 2.12 bits per heavy atom. The summed E-state index contributed by atoms with van der Waals surface area (Å²) in [5.41, 5.74) is 2.38. The maximum atomic E-state index is 11.2. The molecule has 1 N–H and O–H groups in total. The van der Waals surface area contributed by atoms with Crippen LogP contribution < -0.4 is 10.1 Å². The number of rotatable bonds is 6. The molecular formula is C14H21NO2. The van der Waals surface area contributed by atoms with Crippen molar-refractivity contribution < 1.29 is 9.53 Å². The molecule has 0 atom stereocenters. The van der Waals surface area contributed by atoms with Gasteiger partial charge in [0.1, 0.15) is 12.4 Å². The zero-order valence-corrected chi connectivity index (χ0v) is 10.9. The van der Waals surface area contributed by atoms with Crippen molar-refractivity contribution in [1.82, 2.24) is 5.32 Å². The van der Waals surface area contributed by atoms with Crippen LogP contribution in [0.2, 0.25) is 0 Å². The number of carbonyl (C=O) groups excluding carboxylic acids is 1. The molecule has 0 aromatic heterocycles. The van der Waals surface area contributed by atoms with Gasteiger partial charge in [-0.2, -0.15) is 0 Å². The van der Waals surface area contributed by atoms with Crippen LogP contribution >= 0.6 is 0 Å². The minimum atomic E-state index is 0.0945. The molecule has 1 rings (SSSR count). The summed E-state index contributed by atoms with van der Waals surface area (Å²) in [6.07, 6.45) is 1.47. The van der Waals surface area contributed by atoms with E-state index >= 15 is 0 Å². The summed E-state index contributed by atoms with van der Waals surface area (Å²) in [6, 6.07) is 5.99. The van der Waals surface area contributed by atoms with Crippen molar-refractivity contribution in [2.75, 3.05) is 13.2 Å². The van der Waals surface area contributed by atoms with Crippen molar-refractivity contribution in [2.24, 2.45) is 0 Å². The highest BCUT2D eigenvalue weighted by molar-refractivity contribution is 5.75. The van der Waals surface area contributed by atoms with Gasteiger partial charge in [-0.05, 0) is 37.5 Å². The Balaban J connectivity index is 2.31. The standard InChI is InChI=1S/C14H21NO2/c1-4-6-14(16)15-9-10-17-13-8-5-7-11(2)12(13)3/h5,7-8H,4,6,9-10H2,1-3H3,(H,15,16). The van der Waals surface area contributed by atoms with Crippen molar-refractivity contribution in [2.45, 2.75) is 33.6 Å². The zero-order valence-electron chi connectivity index (χ0n) is 10.9. The molecule has 0 aliphatic carbocycles. The third-order valence-electron chi connectivity index (χ3n) is 2.71. The van der Waals surface area contributed by atoms with E-state index in [-0.39, 0.29) is 5.91 Å². The summed E-state index contributed by atoms with van der Waals surface area (Å²) in [5.74, 6) is 0.992. The topological polar surface area (TPSA) is 38.3 Å². The minimum Gasteiger partial charge on any atom is -0.491 e. The molecule has 0 spiro atoms. The monoisotopic (exact) mass is 235 g/mol. The fraction of sp³-hybridized carbons (Fsp3) is 0.500. The molecule has 0 saturated carbocycles. The van der Waals surface area contributed by atoms with E-state index in [0.717, 1.165) is 17.7 Å². The van der Waals surface area contributed by atoms with Gasteiger partial charge in [0.15, 0.2) is 0 Å². The van der Waals surface area contributed by atoms with Crippen molar-refractivity contribution in [3.63, 3.8) is 0 Å². The number of ether oxygens (including phenoxy) is 1. The number of benzene rings is 1. The average molecular weight is 235 g/mol. The van der Waals surface area contributed by atoms with Crippen LogP contribution in [-0.4, -0.2) is 19.1 Å². The number of hydrogen-bond donors (Lipinski definition) is 1. The molecule has 0 unspecified atom stereocenters. The summed E-state index contributed by atoms with van der Waals surface area (Å²) in [4.78, 5) is 11.2. The fourth-order valence-electron chi connectivity index (χ4n) is 1.55. The second kappa shape index (κ2) is 6.94. The third kappa shape index (κ3) is 4.47. The van der Waals surface area contributed by atoms with Crippen LogP contribution in [0.4, 0.5) is 0 Å². The van der Waals surface area contributed by atoms with Crippen LogP contribution in [0.5, 0.6) is 5.75 Å². The molecule has 3 heteroatoms. The predicted octanol–water partition coefficient (Wildman–Crippen LogP) is 2.60. The summed E-state index contributed by atoms with van der Waals surface area (Å²) in [7, 11) is 0. The predicted molar refractivity (Wildman–Crippen MR) is 69.3 cm³/mol. The van der Waals surface area contributed by atoms with Gasteiger partial charge >= 0.3 is 0 Å². The molecular weight excluding hydrogens is 214 g/mol. The number of carbonyl (C=O) groups is 1. The molecule has 1 amide bonds. The van der Waals surface area contributed by atoms with Crippen LogP contribution in [0.1, 0.15) is 30.9 Å². The number of nitrogens with one attached hydrogen (secondary N) is 1. The van der Waals surface area contributed by atoms with Crippen LogP contribution in [0.3, 0.4) is 0 Å². The Morgan fingerprint density at radius 1 is 1.35 bits per heavy atom. The molecule has 1 aromatic carbocycles. The van der Waals surface area contributed by atoms with Gasteiger partial charge in [-0.15, -0.1) is 0 Å². The molecule has 0 aliphatic heterocycles. The molecule has 0 bridgehead atoms. The van der Waals surface area contributed by atoms with Gasteiger partial charge in [0.25, 0.3) is 0 Å². The fourth-order valence-corrected chi connectivity index (χ4v) is 1.55. The first kappa shape index (κ1) is 13.6. The second-order valence-electron chi connectivity index (χ2n) is 4.15. The number of hydrogen-bond acceptors (Lipinski definition) is 2. The van der Waals surface area contributed by atoms with E-state index in [1.54, 1.807) is 0 Å². The van der Waals surface area contributed by atoms with Crippen LogP contribution in [0.15, 0.2) is 18.2 Å². The lowest BCUT2D eigenvalue weighted by Gasteiger charge is -2.11. The lowest BCUT2D eigenvalue weighted by molar-refractivity contribution is -0.121. The summed E-state index contributed by atoms with van der Waals surface area (Å²) >= 11 is 0. The van der Waals surface area contributed by atoms with E-state index in [1.807, 2.05) is 26.0 Å². The lowest BCUT2D eigenvalue weighted by Crippen LogP contribution is -2.27. The van der Waals surface area contributed by atoms with Gasteiger partial charge in [-0.25, -0.2) is 0 Å². The van der Waals surface area contributed by atoms with E-state index in [4.69, 9.17) is 4.74 Å². The largest absolute Gasteiger partial charge is 0.491 e. The van der Waals surface area contributed by atoms with Crippen molar-refractivity contribution in [1.29, 1.82) is 0 Å². The number of amides is 1. The Labute approximate surface area is 103 Å². The maximum Gasteiger partial charge on any atom is 0.220 e. The molecule has 3 nitrogen and oxygen atoms in total. The van der Waals surface area contributed by atoms with E-state index in [9.17, 15) is 4.79 Å². The highest BCUT2D eigenvalue weighted by Gasteiger charge is 2.02. The van der Waals surface area contributed by atoms with Crippen molar-refractivity contribution >= 4 is 5.91 Å². The van der Waals surface area contributed by atoms with Crippen LogP contribution in [0, 0.1) is 13.8 Å². The highest BCUT2D eigenvalue weighted by atomic mass is 16.5. The normalized spacial score (nSPS) is 10.1. The zero-order chi connectivity index (χ0) is 12.7. The van der Waals surface area contributed by atoms with Gasteiger partial charge in [0, 0.05) is 6.42 Å². The van der Waals surface area contributed by atoms with Crippen molar-refractivity contribution in [3.8, 4) is 5.75 Å². The Bertz CT molecular complexity index is 374. The quantitative estimate of drug-likeness (QED) is 0.770. The molecule has 94 valence electrons. The first-order valence-corrected chi connectivity index (χ1v) is 6.11. The SMILES string of the molecule is CCCC(=O)NCCOc1cccc(C)c1C. The van der Waals surface area contributed by atoms with E-state index < -0.39 is 0 Å². The first-order chi connectivity index (χ1) is 8.15. The molecule has 0 heterocycles. The lowest BCUT2D eigenvalue weighted by atomic mass is 10.1. The van der Waals surface area contributed by atoms with Gasteiger partial charge in [-0.1, -0.05) is 19.1 Å². The summed E-state index contributed by atoms with van der Waals surface area (Å²) in [6.45, 7) is 7.17. The molecule has 0 saturated heterocycles. The van der Waals surface area contributed by atoms with E-state index in [2.05, 4.69) is 18.3 Å². The molecule has 0 fully saturated rings. The van der Waals surface area contributed by atoms with Crippen molar-refractivity contribution in [3.05, 3.63) is 29.3 Å². The third-order valence-corrected chi connectivity index (χ3v) is 2.71. The van der Waals surface area contributed by atoms with Crippen LogP contribution in [0.25, 0.3) is 0 Å². The Kier molecular flexibility index (Phi) is 5.53. The summed E-state index contributed by atoms with van der Waals surface area (Å²) < 4.78 is 5.63. The van der Waals surface area contributed by atoms with E-state index in [1.165, 1.54) is 5.56 Å². The smallest absolute Gasteiger partial charge is 0.220 e. The first-order valence-electron chi connectivity index (χ1n) is 6.11. The molecule has 17 heavy (non-hydrogen) atoms. The average Bonchev–Trinajstić information content (AvgIpc) is 2.30. The van der Waals surface area contributed by atoms with Gasteiger partial charge in [0.2, 0.25) is 5.91 Å². The highest BCUT2D eigenvalue weighted by Crippen LogP contribution is 2.20. The summed E-state index contributed by atoms with van der Waals surface area (Å²) in [5, 5.41) is 2.82. The molecule has 1 aromatic rings. The van der Waals surface area contributed by atoms with Gasteiger partial charge < -0.3 is 10.1 Å². The molecule has 0 aliphatic rings. The van der Waals surface area contributed by atoms with E-state index in [0.29, 0.717) is 19.6 Å². The Hall–Kier alpha value is -1.51. The van der Waals surface area contributed by atoms with Gasteiger partial charge in [0.05, 0.1) is 6.54 Å².